The molecule has 0 spiro atoms. The standard InChI is InChI=1S/C22H32Cl4O3S2/c1-3-12-30-21(31-13-4-2)16-27-9-6-5-7-10-29-22-18(23)14-17(15-19(22)24)28-11-8-20(25)26/h8,14-15,21H,3-7,9-13,16H2,1-2H3. The van der Waals surface area contributed by atoms with E-state index in [1.165, 1.54) is 30.4 Å². The smallest absolute Gasteiger partial charge is 0.156 e. The minimum absolute atomic E-state index is 0.146. The highest BCUT2D eigenvalue weighted by molar-refractivity contribution is 8.17. The number of halogens is 4. The Labute approximate surface area is 215 Å². The lowest BCUT2D eigenvalue weighted by Gasteiger charge is -2.16. The third-order valence-electron chi connectivity index (χ3n) is 3.91. The summed E-state index contributed by atoms with van der Waals surface area (Å²) in [5.74, 6) is 3.39. The van der Waals surface area contributed by atoms with Gasteiger partial charge in [0.2, 0.25) is 0 Å². The van der Waals surface area contributed by atoms with Gasteiger partial charge in [-0.3, -0.25) is 0 Å². The molecule has 0 aliphatic rings. The zero-order chi connectivity index (χ0) is 22.9. The molecule has 1 aromatic rings. The van der Waals surface area contributed by atoms with Crippen LogP contribution in [0, 0.1) is 0 Å². The van der Waals surface area contributed by atoms with E-state index in [0.29, 0.717) is 32.7 Å². The maximum absolute atomic E-state index is 6.28. The summed E-state index contributed by atoms with van der Waals surface area (Å²) in [6.07, 6.45) is 6.89. The summed E-state index contributed by atoms with van der Waals surface area (Å²) in [5.41, 5.74) is 0. The summed E-state index contributed by atoms with van der Waals surface area (Å²) in [6, 6.07) is 3.33. The molecule has 1 aromatic carbocycles. The number of thioether (sulfide) groups is 2. The van der Waals surface area contributed by atoms with Crippen molar-refractivity contribution in [3.63, 3.8) is 0 Å². The molecule has 0 heterocycles. The predicted octanol–water partition coefficient (Wildman–Crippen LogP) is 8.87. The molecule has 0 radical (unpaired) electrons. The van der Waals surface area contributed by atoms with Gasteiger partial charge in [0.05, 0.1) is 27.8 Å². The highest BCUT2D eigenvalue weighted by atomic mass is 35.5. The van der Waals surface area contributed by atoms with E-state index in [0.717, 1.165) is 32.5 Å². The molecule has 0 bridgehead atoms. The molecule has 0 aliphatic carbocycles. The Morgan fingerprint density at radius 2 is 1.55 bits per heavy atom. The Kier molecular flexibility index (Phi) is 17.8. The summed E-state index contributed by atoms with van der Waals surface area (Å²) in [4.78, 5) is 0. The van der Waals surface area contributed by atoms with Gasteiger partial charge in [-0.15, -0.1) is 23.5 Å². The van der Waals surface area contributed by atoms with Crippen LogP contribution in [0.5, 0.6) is 11.5 Å². The Morgan fingerprint density at radius 3 is 2.13 bits per heavy atom. The monoisotopic (exact) mass is 548 g/mol. The molecule has 0 fully saturated rings. The van der Waals surface area contributed by atoms with Crippen LogP contribution < -0.4 is 9.47 Å². The molecule has 0 N–H and O–H groups in total. The van der Waals surface area contributed by atoms with Gasteiger partial charge in [-0.2, -0.15) is 0 Å². The molecule has 1 rings (SSSR count). The molecular formula is C22H32Cl4O3S2. The van der Waals surface area contributed by atoms with Crippen LogP contribution in [0.25, 0.3) is 0 Å². The van der Waals surface area contributed by atoms with Crippen LogP contribution in [0.4, 0.5) is 0 Å². The molecular weight excluding hydrogens is 518 g/mol. The van der Waals surface area contributed by atoms with Crippen molar-refractivity contribution in [1.82, 2.24) is 0 Å². The van der Waals surface area contributed by atoms with E-state index in [-0.39, 0.29) is 11.1 Å². The fourth-order valence-corrected chi connectivity index (χ4v) is 5.48. The molecule has 31 heavy (non-hydrogen) atoms. The number of hydrogen-bond donors (Lipinski definition) is 0. The lowest BCUT2D eigenvalue weighted by molar-refractivity contribution is 0.140. The van der Waals surface area contributed by atoms with Crippen molar-refractivity contribution in [2.75, 3.05) is 37.9 Å². The van der Waals surface area contributed by atoms with Gasteiger partial charge < -0.3 is 14.2 Å². The third-order valence-corrected chi connectivity index (χ3v) is 7.90. The molecule has 3 nitrogen and oxygen atoms in total. The Balaban J connectivity index is 2.24. The van der Waals surface area contributed by atoms with Crippen molar-refractivity contribution in [1.29, 1.82) is 0 Å². The molecule has 0 atom stereocenters. The number of rotatable bonds is 18. The minimum Gasteiger partial charge on any atom is -0.490 e. The zero-order valence-corrected chi connectivity index (χ0v) is 22.8. The maximum Gasteiger partial charge on any atom is 0.156 e. The van der Waals surface area contributed by atoms with Crippen LogP contribution in [0.1, 0.15) is 46.0 Å². The van der Waals surface area contributed by atoms with Crippen LogP contribution in [0.15, 0.2) is 22.7 Å². The highest BCUT2D eigenvalue weighted by Crippen LogP contribution is 2.37. The molecule has 178 valence electrons. The van der Waals surface area contributed by atoms with Gasteiger partial charge in [0, 0.05) is 18.7 Å². The van der Waals surface area contributed by atoms with Crippen molar-refractivity contribution in [3.8, 4) is 11.5 Å². The van der Waals surface area contributed by atoms with Gasteiger partial charge in [-0.05, 0) is 49.7 Å². The van der Waals surface area contributed by atoms with Crippen LogP contribution in [-0.2, 0) is 4.74 Å². The first kappa shape index (κ1) is 29.4. The maximum atomic E-state index is 6.28. The molecule has 0 aliphatic heterocycles. The zero-order valence-electron chi connectivity index (χ0n) is 18.1. The lowest BCUT2D eigenvalue weighted by atomic mass is 10.2. The van der Waals surface area contributed by atoms with Crippen molar-refractivity contribution >= 4 is 69.9 Å². The first-order chi connectivity index (χ1) is 15.0. The summed E-state index contributed by atoms with van der Waals surface area (Å²) in [7, 11) is 0. The van der Waals surface area contributed by atoms with Crippen LogP contribution in [0.2, 0.25) is 10.0 Å². The van der Waals surface area contributed by atoms with Crippen molar-refractivity contribution in [3.05, 3.63) is 32.7 Å². The summed E-state index contributed by atoms with van der Waals surface area (Å²) < 4.78 is 17.8. The average molecular weight is 550 g/mol. The third kappa shape index (κ3) is 14.3. The molecule has 0 saturated carbocycles. The number of hydrogen-bond acceptors (Lipinski definition) is 5. The first-order valence-electron chi connectivity index (χ1n) is 10.5. The van der Waals surface area contributed by atoms with Crippen LogP contribution in [0.3, 0.4) is 0 Å². The molecule has 0 saturated heterocycles. The molecule has 0 amide bonds. The quantitative estimate of drug-likeness (QED) is 0.134. The van der Waals surface area contributed by atoms with E-state index in [1.54, 1.807) is 12.1 Å². The number of unbranched alkanes of at least 4 members (excludes halogenated alkanes) is 2. The molecule has 9 heteroatoms. The summed E-state index contributed by atoms with van der Waals surface area (Å²) in [6.45, 7) is 6.81. The van der Waals surface area contributed by atoms with Crippen LogP contribution >= 0.6 is 69.9 Å². The van der Waals surface area contributed by atoms with Crippen molar-refractivity contribution < 1.29 is 14.2 Å². The van der Waals surface area contributed by atoms with Gasteiger partial charge in [0.15, 0.2) is 5.75 Å². The minimum atomic E-state index is 0.146. The summed E-state index contributed by atoms with van der Waals surface area (Å²) >= 11 is 27.7. The largest absolute Gasteiger partial charge is 0.490 e. The van der Waals surface area contributed by atoms with E-state index >= 15 is 0 Å². The number of ether oxygens (including phenoxy) is 3. The highest BCUT2D eigenvalue weighted by Gasteiger charge is 2.11. The second-order valence-corrected chi connectivity index (χ2v) is 11.4. The second kappa shape index (κ2) is 18.8. The average Bonchev–Trinajstić information content (AvgIpc) is 2.72. The normalized spacial score (nSPS) is 11.1. The SMILES string of the molecule is CCCSC(COCCCCCOc1c(Cl)cc(OCC=C(Cl)Cl)cc1Cl)SCCC. The topological polar surface area (TPSA) is 27.7 Å². The van der Waals surface area contributed by atoms with E-state index in [2.05, 4.69) is 13.8 Å². The van der Waals surface area contributed by atoms with Gasteiger partial charge in [-0.25, -0.2) is 0 Å². The van der Waals surface area contributed by atoms with Crippen molar-refractivity contribution in [2.45, 2.75) is 50.5 Å². The van der Waals surface area contributed by atoms with E-state index in [9.17, 15) is 0 Å². The van der Waals surface area contributed by atoms with Crippen LogP contribution in [-0.4, -0.2) is 42.5 Å². The predicted molar refractivity (Wildman–Crippen MR) is 141 cm³/mol. The Morgan fingerprint density at radius 1 is 0.935 bits per heavy atom. The van der Waals surface area contributed by atoms with Gasteiger partial charge >= 0.3 is 0 Å². The van der Waals surface area contributed by atoms with E-state index in [1.807, 2.05) is 23.5 Å². The van der Waals surface area contributed by atoms with E-state index in [4.69, 9.17) is 60.6 Å². The lowest BCUT2D eigenvalue weighted by Crippen LogP contribution is -2.11. The molecule has 0 unspecified atom stereocenters. The molecule has 0 aromatic heterocycles. The van der Waals surface area contributed by atoms with E-state index < -0.39 is 0 Å². The fraction of sp³-hybridized carbons (Fsp3) is 0.636. The number of benzene rings is 1. The van der Waals surface area contributed by atoms with Gasteiger partial charge in [-0.1, -0.05) is 60.3 Å². The van der Waals surface area contributed by atoms with Crippen molar-refractivity contribution in [2.24, 2.45) is 0 Å². The van der Waals surface area contributed by atoms with Gasteiger partial charge in [0.25, 0.3) is 0 Å². The van der Waals surface area contributed by atoms with Gasteiger partial charge in [0.1, 0.15) is 16.8 Å². The fourth-order valence-electron chi connectivity index (χ4n) is 2.44. The Hall–Kier alpha value is 0.380. The summed E-state index contributed by atoms with van der Waals surface area (Å²) in [5, 5.41) is 0.818. The second-order valence-electron chi connectivity index (χ2n) is 6.68. The first-order valence-corrected chi connectivity index (χ1v) is 14.2. The Bertz CT molecular complexity index is 612.